The molecule has 0 aliphatic carbocycles. The molecule has 0 radical (unpaired) electrons. The minimum Gasteiger partial charge on any atom is -0.325 e. The molecule has 1 N–H and O–H groups in total. The van der Waals surface area contributed by atoms with Crippen LogP contribution in [0.5, 0.6) is 0 Å². The van der Waals surface area contributed by atoms with Crippen LogP contribution in [0.25, 0.3) is 0 Å². The van der Waals surface area contributed by atoms with Crippen LogP contribution in [-0.4, -0.2) is 65.0 Å². The monoisotopic (exact) mass is 467 g/mol. The second-order valence-electron chi connectivity index (χ2n) is 8.35. The summed E-state index contributed by atoms with van der Waals surface area (Å²) in [6.07, 6.45) is 0. The fraction of sp³-hybridized carbons (Fsp3) is 0.524. The van der Waals surface area contributed by atoms with Gasteiger partial charge < -0.3 is 5.32 Å². The van der Waals surface area contributed by atoms with Crippen molar-refractivity contribution < 1.29 is 13.2 Å². The number of anilines is 1. The van der Waals surface area contributed by atoms with Gasteiger partial charge in [0.2, 0.25) is 15.9 Å². The zero-order valence-corrected chi connectivity index (χ0v) is 20.4. The third kappa shape index (κ3) is 4.64. The molecule has 1 aromatic carbocycles. The third-order valence-corrected chi connectivity index (χ3v) is 8.62. The van der Waals surface area contributed by atoms with E-state index < -0.39 is 10.0 Å². The Balaban J connectivity index is 1.72. The lowest BCUT2D eigenvalue weighted by Crippen LogP contribution is -2.59. The minimum atomic E-state index is -3.82. The molecule has 0 unspecified atom stereocenters. The summed E-state index contributed by atoms with van der Waals surface area (Å²) in [6.45, 7) is 10.4. The fourth-order valence-electron chi connectivity index (χ4n) is 4.31. The molecule has 0 spiro atoms. The molecule has 3 rings (SSSR count). The number of carbonyl (C=O) groups excluding carboxylic acids is 1. The van der Waals surface area contributed by atoms with Gasteiger partial charge in [0.05, 0.1) is 12.2 Å². The van der Waals surface area contributed by atoms with Gasteiger partial charge in [-0.3, -0.25) is 14.4 Å². The number of halogens is 1. The second-order valence-corrected chi connectivity index (χ2v) is 10.5. The molecule has 10 heteroatoms. The van der Waals surface area contributed by atoms with Crippen LogP contribution in [0.3, 0.4) is 0 Å². The SMILES string of the molecule is Cc1cccc(NC(=O)CN2C[C@@H](C)N(S(=O)(=O)c3c(C)nn(C)c3Cl)[C@@H](C)C2)c1C. The van der Waals surface area contributed by atoms with Crippen molar-refractivity contribution in [3.8, 4) is 0 Å². The van der Waals surface area contributed by atoms with E-state index in [9.17, 15) is 13.2 Å². The molecular weight excluding hydrogens is 438 g/mol. The number of nitrogens with zero attached hydrogens (tertiary/aromatic N) is 4. The molecule has 170 valence electrons. The number of hydrogen-bond acceptors (Lipinski definition) is 5. The lowest BCUT2D eigenvalue weighted by atomic mass is 10.1. The standard InChI is InChI=1S/C21H30ClN5O3S/c1-13-8-7-9-18(16(13)4)23-19(28)12-26-10-14(2)27(15(3)11-26)31(29,30)20-17(5)24-25(6)21(20)22/h7-9,14-15H,10-12H2,1-6H3,(H,23,28)/t14-,15+. The maximum atomic E-state index is 13.4. The molecule has 1 fully saturated rings. The van der Waals surface area contributed by atoms with Crippen molar-refractivity contribution >= 4 is 33.2 Å². The van der Waals surface area contributed by atoms with Gasteiger partial charge in [-0.15, -0.1) is 0 Å². The highest BCUT2D eigenvalue weighted by Gasteiger charge is 2.41. The fourth-order valence-corrected chi connectivity index (χ4v) is 6.83. The summed E-state index contributed by atoms with van der Waals surface area (Å²) in [7, 11) is -2.20. The van der Waals surface area contributed by atoms with E-state index in [-0.39, 0.29) is 34.6 Å². The first-order valence-electron chi connectivity index (χ1n) is 10.2. The van der Waals surface area contributed by atoms with Gasteiger partial charge in [0, 0.05) is 37.9 Å². The summed E-state index contributed by atoms with van der Waals surface area (Å²) in [5, 5.41) is 7.22. The van der Waals surface area contributed by atoms with Gasteiger partial charge in [-0.2, -0.15) is 9.40 Å². The zero-order valence-electron chi connectivity index (χ0n) is 18.8. The largest absolute Gasteiger partial charge is 0.325 e. The lowest BCUT2D eigenvalue weighted by Gasteiger charge is -2.43. The van der Waals surface area contributed by atoms with E-state index in [4.69, 9.17) is 11.6 Å². The third-order valence-electron chi connectivity index (χ3n) is 5.80. The number of sulfonamides is 1. The maximum Gasteiger partial charge on any atom is 0.248 e. The molecule has 31 heavy (non-hydrogen) atoms. The van der Waals surface area contributed by atoms with Crippen LogP contribution in [-0.2, 0) is 21.9 Å². The quantitative estimate of drug-likeness (QED) is 0.730. The number of rotatable bonds is 5. The van der Waals surface area contributed by atoms with Crippen molar-refractivity contribution in [1.29, 1.82) is 0 Å². The average molecular weight is 468 g/mol. The Hall–Kier alpha value is -1.94. The molecule has 8 nitrogen and oxygen atoms in total. The predicted molar refractivity (Wildman–Crippen MR) is 122 cm³/mol. The number of nitrogens with one attached hydrogen (secondary N) is 1. The number of benzene rings is 1. The molecule has 1 saturated heterocycles. The zero-order chi connectivity index (χ0) is 23.1. The van der Waals surface area contributed by atoms with E-state index in [0.29, 0.717) is 18.8 Å². The molecule has 0 saturated carbocycles. The van der Waals surface area contributed by atoms with Crippen LogP contribution in [0.4, 0.5) is 5.69 Å². The van der Waals surface area contributed by atoms with E-state index in [0.717, 1.165) is 16.8 Å². The molecule has 1 aliphatic rings. The van der Waals surface area contributed by atoms with Gasteiger partial charge in [0.15, 0.2) is 0 Å². The van der Waals surface area contributed by atoms with Crippen molar-refractivity contribution in [2.45, 2.75) is 51.6 Å². The van der Waals surface area contributed by atoms with Crippen molar-refractivity contribution in [1.82, 2.24) is 19.0 Å². The smallest absolute Gasteiger partial charge is 0.248 e. The van der Waals surface area contributed by atoms with Crippen LogP contribution in [0.2, 0.25) is 5.15 Å². The summed E-state index contributed by atoms with van der Waals surface area (Å²) in [5.74, 6) is -0.115. The molecule has 2 aromatic rings. The maximum absolute atomic E-state index is 13.4. The summed E-state index contributed by atoms with van der Waals surface area (Å²) in [4.78, 5) is 14.7. The Morgan fingerprint density at radius 3 is 2.35 bits per heavy atom. The van der Waals surface area contributed by atoms with Gasteiger partial charge >= 0.3 is 0 Å². The average Bonchev–Trinajstić information content (AvgIpc) is 2.90. The van der Waals surface area contributed by atoms with Crippen molar-refractivity contribution in [2.75, 3.05) is 25.0 Å². The molecule has 1 aliphatic heterocycles. The number of aryl methyl sites for hydroxylation is 3. The highest BCUT2D eigenvalue weighted by atomic mass is 35.5. The number of piperazine rings is 1. The van der Waals surface area contributed by atoms with E-state index in [2.05, 4.69) is 10.4 Å². The van der Waals surface area contributed by atoms with Crippen LogP contribution in [0.15, 0.2) is 23.1 Å². The first-order chi connectivity index (χ1) is 14.4. The van der Waals surface area contributed by atoms with Crippen LogP contribution in [0.1, 0.15) is 30.7 Å². The Bertz CT molecular complexity index is 1090. The van der Waals surface area contributed by atoms with Gasteiger partial charge in [0.25, 0.3) is 0 Å². The van der Waals surface area contributed by atoms with Crippen LogP contribution >= 0.6 is 11.6 Å². The summed E-state index contributed by atoms with van der Waals surface area (Å²) in [5.41, 5.74) is 3.33. The molecule has 0 bridgehead atoms. The normalized spacial score (nSPS) is 20.7. The van der Waals surface area contributed by atoms with E-state index >= 15 is 0 Å². The topological polar surface area (TPSA) is 87.5 Å². The van der Waals surface area contributed by atoms with Crippen molar-refractivity contribution in [3.05, 3.63) is 40.2 Å². The molecule has 2 atom stereocenters. The van der Waals surface area contributed by atoms with E-state index in [1.807, 2.05) is 50.8 Å². The lowest BCUT2D eigenvalue weighted by molar-refractivity contribution is -0.118. The van der Waals surface area contributed by atoms with Gasteiger partial charge in [-0.1, -0.05) is 23.7 Å². The second kappa shape index (κ2) is 8.90. The molecular formula is C21H30ClN5O3S. The number of aromatic nitrogens is 2. The number of hydrogen-bond donors (Lipinski definition) is 1. The Morgan fingerprint density at radius 2 is 1.81 bits per heavy atom. The van der Waals surface area contributed by atoms with Gasteiger partial charge in [-0.05, 0) is 51.8 Å². The van der Waals surface area contributed by atoms with Gasteiger partial charge in [0.1, 0.15) is 10.0 Å². The Morgan fingerprint density at radius 1 is 1.19 bits per heavy atom. The summed E-state index contributed by atoms with van der Waals surface area (Å²) in [6, 6.07) is 5.16. The Labute approximate surface area is 189 Å². The number of amides is 1. The first-order valence-corrected chi connectivity index (χ1v) is 12.1. The van der Waals surface area contributed by atoms with E-state index in [1.54, 1.807) is 14.0 Å². The van der Waals surface area contributed by atoms with E-state index in [1.165, 1.54) is 8.99 Å². The Kier molecular flexibility index (Phi) is 6.81. The summed E-state index contributed by atoms with van der Waals surface area (Å²) >= 11 is 6.24. The van der Waals surface area contributed by atoms with Crippen LogP contribution < -0.4 is 5.32 Å². The van der Waals surface area contributed by atoms with Gasteiger partial charge in [-0.25, -0.2) is 8.42 Å². The molecule has 1 aromatic heterocycles. The minimum absolute atomic E-state index is 0.0523. The molecule has 1 amide bonds. The number of carbonyl (C=O) groups is 1. The van der Waals surface area contributed by atoms with Crippen LogP contribution in [0, 0.1) is 20.8 Å². The highest BCUT2D eigenvalue weighted by molar-refractivity contribution is 7.89. The van der Waals surface area contributed by atoms with Crippen molar-refractivity contribution in [2.24, 2.45) is 7.05 Å². The predicted octanol–water partition coefficient (Wildman–Crippen LogP) is 2.72. The molecule has 2 heterocycles. The first kappa shape index (κ1) is 23.7. The summed E-state index contributed by atoms with van der Waals surface area (Å²) < 4.78 is 29.6. The highest BCUT2D eigenvalue weighted by Crippen LogP contribution is 2.31. The van der Waals surface area contributed by atoms with Crippen molar-refractivity contribution in [3.63, 3.8) is 0 Å².